The molecule has 5 heteroatoms. The Hall–Kier alpha value is -1.75. The second-order valence-electron chi connectivity index (χ2n) is 3.72. The minimum atomic E-state index is -0.948. The van der Waals surface area contributed by atoms with Crippen LogP contribution in [0.15, 0.2) is 30.3 Å². The van der Waals surface area contributed by atoms with Crippen molar-refractivity contribution in [2.75, 3.05) is 13.2 Å². The molecule has 0 aromatic heterocycles. The number of primary amides is 1. The molecule has 0 saturated heterocycles. The number of rotatable bonds is 6. The van der Waals surface area contributed by atoms with Crippen LogP contribution in [0.4, 0.5) is 4.79 Å². The van der Waals surface area contributed by atoms with Crippen LogP contribution in [0.2, 0.25) is 0 Å². The third-order valence-corrected chi connectivity index (χ3v) is 2.49. The Labute approximate surface area is 100 Å². The van der Waals surface area contributed by atoms with Gasteiger partial charge in [-0.2, -0.15) is 0 Å². The molecular formula is C12H17NO4. The molecule has 1 atom stereocenters. The molecule has 1 aromatic rings. The van der Waals surface area contributed by atoms with Crippen LogP contribution in [0, 0.1) is 0 Å². The molecule has 0 bridgehead atoms. The van der Waals surface area contributed by atoms with Crippen molar-refractivity contribution in [1.82, 2.24) is 0 Å². The van der Waals surface area contributed by atoms with Crippen LogP contribution in [0.25, 0.3) is 0 Å². The molecule has 1 rings (SSSR count). The molecule has 17 heavy (non-hydrogen) atoms. The number of benzene rings is 1. The first-order valence-corrected chi connectivity index (χ1v) is 5.39. The van der Waals surface area contributed by atoms with Gasteiger partial charge in [0.2, 0.25) is 0 Å². The van der Waals surface area contributed by atoms with Gasteiger partial charge in [0.1, 0.15) is 12.4 Å². The molecule has 1 aromatic carbocycles. The molecule has 0 heterocycles. The predicted octanol–water partition coefficient (Wildman–Crippen LogP) is 1.30. The number of carbonyl (C=O) groups excluding carboxylic acids is 1. The molecule has 0 spiro atoms. The number of hydrogen-bond donors (Lipinski definition) is 2. The summed E-state index contributed by atoms with van der Waals surface area (Å²) in [4.78, 5) is 10.6. The highest BCUT2D eigenvalue weighted by molar-refractivity contribution is 5.64. The van der Waals surface area contributed by atoms with Gasteiger partial charge in [-0.25, -0.2) is 4.79 Å². The number of carbonyl (C=O) groups is 1. The normalized spacial score (nSPS) is 13.8. The Morgan fingerprint density at radius 3 is 2.53 bits per heavy atom. The SMILES string of the molecule is CCC(CO)(COC(N)=O)Oc1ccccc1. The molecule has 0 saturated carbocycles. The predicted molar refractivity (Wildman–Crippen MR) is 62.7 cm³/mol. The maximum atomic E-state index is 10.6. The van der Waals surface area contributed by atoms with Crippen molar-refractivity contribution in [3.63, 3.8) is 0 Å². The second kappa shape index (κ2) is 6.10. The quantitative estimate of drug-likeness (QED) is 0.784. The lowest BCUT2D eigenvalue weighted by Crippen LogP contribution is -2.45. The second-order valence-corrected chi connectivity index (χ2v) is 3.72. The van der Waals surface area contributed by atoms with Crippen molar-refractivity contribution < 1.29 is 19.4 Å². The Balaban J connectivity index is 2.73. The average Bonchev–Trinajstić information content (AvgIpc) is 2.36. The van der Waals surface area contributed by atoms with Gasteiger partial charge >= 0.3 is 6.09 Å². The summed E-state index contributed by atoms with van der Waals surface area (Å²) < 4.78 is 10.4. The van der Waals surface area contributed by atoms with E-state index < -0.39 is 11.7 Å². The number of amides is 1. The van der Waals surface area contributed by atoms with E-state index in [1.165, 1.54) is 0 Å². The number of aliphatic hydroxyl groups excluding tert-OH is 1. The van der Waals surface area contributed by atoms with Crippen LogP contribution >= 0.6 is 0 Å². The van der Waals surface area contributed by atoms with E-state index in [2.05, 4.69) is 0 Å². The lowest BCUT2D eigenvalue weighted by atomic mass is 10.0. The number of aliphatic hydroxyl groups is 1. The van der Waals surface area contributed by atoms with E-state index in [0.717, 1.165) is 0 Å². The number of ether oxygens (including phenoxy) is 2. The largest absolute Gasteiger partial charge is 0.481 e. The van der Waals surface area contributed by atoms with Crippen molar-refractivity contribution in [3.05, 3.63) is 30.3 Å². The molecule has 0 aliphatic heterocycles. The van der Waals surface area contributed by atoms with Crippen LogP contribution in [-0.4, -0.2) is 30.0 Å². The molecule has 0 fully saturated rings. The summed E-state index contributed by atoms with van der Waals surface area (Å²) in [7, 11) is 0. The van der Waals surface area contributed by atoms with Gasteiger partial charge in [0, 0.05) is 0 Å². The summed E-state index contributed by atoms with van der Waals surface area (Å²) in [5.74, 6) is 0.608. The Morgan fingerprint density at radius 1 is 1.41 bits per heavy atom. The Bertz CT molecular complexity index is 349. The molecular weight excluding hydrogens is 222 g/mol. The number of para-hydroxylation sites is 1. The minimum Gasteiger partial charge on any atom is -0.481 e. The fraction of sp³-hybridized carbons (Fsp3) is 0.417. The van der Waals surface area contributed by atoms with Crippen molar-refractivity contribution in [3.8, 4) is 5.75 Å². The van der Waals surface area contributed by atoms with Gasteiger partial charge in [0.05, 0.1) is 6.61 Å². The molecule has 5 nitrogen and oxygen atoms in total. The van der Waals surface area contributed by atoms with Crippen LogP contribution in [0.3, 0.4) is 0 Å². The highest BCUT2D eigenvalue weighted by Crippen LogP contribution is 2.21. The Kier molecular flexibility index (Phi) is 4.78. The summed E-state index contributed by atoms with van der Waals surface area (Å²) in [5, 5.41) is 9.39. The summed E-state index contributed by atoms with van der Waals surface area (Å²) >= 11 is 0. The fourth-order valence-electron chi connectivity index (χ4n) is 1.33. The smallest absolute Gasteiger partial charge is 0.404 e. The van der Waals surface area contributed by atoms with Gasteiger partial charge < -0.3 is 20.3 Å². The minimum absolute atomic E-state index is 0.0791. The molecule has 94 valence electrons. The summed E-state index contributed by atoms with van der Waals surface area (Å²) in [6.07, 6.45) is -0.390. The van der Waals surface area contributed by atoms with Crippen LogP contribution in [0.5, 0.6) is 5.75 Å². The number of hydrogen-bond acceptors (Lipinski definition) is 4. The molecule has 3 N–H and O–H groups in total. The zero-order chi connectivity index (χ0) is 12.7. The van der Waals surface area contributed by atoms with Crippen LogP contribution in [-0.2, 0) is 4.74 Å². The van der Waals surface area contributed by atoms with Gasteiger partial charge in [-0.1, -0.05) is 25.1 Å². The fourth-order valence-corrected chi connectivity index (χ4v) is 1.33. The zero-order valence-corrected chi connectivity index (χ0v) is 9.76. The van der Waals surface area contributed by atoms with E-state index >= 15 is 0 Å². The first-order chi connectivity index (χ1) is 8.12. The lowest BCUT2D eigenvalue weighted by molar-refractivity contribution is -0.0397. The van der Waals surface area contributed by atoms with Crippen LogP contribution in [0.1, 0.15) is 13.3 Å². The summed E-state index contributed by atoms with van der Waals surface area (Å²) in [5.41, 5.74) is 3.96. The van der Waals surface area contributed by atoms with Crippen molar-refractivity contribution >= 4 is 6.09 Å². The molecule has 1 unspecified atom stereocenters. The van der Waals surface area contributed by atoms with Gasteiger partial charge in [0.25, 0.3) is 0 Å². The van der Waals surface area contributed by atoms with Gasteiger partial charge in [-0.3, -0.25) is 0 Å². The lowest BCUT2D eigenvalue weighted by Gasteiger charge is -2.30. The maximum Gasteiger partial charge on any atom is 0.404 e. The van der Waals surface area contributed by atoms with Crippen molar-refractivity contribution in [1.29, 1.82) is 0 Å². The van der Waals surface area contributed by atoms with Gasteiger partial charge in [-0.05, 0) is 18.6 Å². The van der Waals surface area contributed by atoms with E-state index in [4.69, 9.17) is 15.2 Å². The molecule has 0 aliphatic rings. The van der Waals surface area contributed by atoms with E-state index in [-0.39, 0.29) is 13.2 Å². The topological polar surface area (TPSA) is 81.8 Å². The molecule has 0 aliphatic carbocycles. The zero-order valence-electron chi connectivity index (χ0n) is 9.76. The van der Waals surface area contributed by atoms with Gasteiger partial charge in [-0.15, -0.1) is 0 Å². The van der Waals surface area contributed by atoms with E-state index in [1.807, 2.05) is 25.1 Å². The average molecular weight is 239 g/mol. The van der Waals surface area contributed by atoms with E-state index in [0.29, 0.717) is 12.2 Å². The first kappa shape index (κ1) is 13.3. The first-order valence-electron chi connectivity index (χ1n) is 5.39. The van der Waals surface area contributed by atoms with Crippen molar-refractivity contribution in [2.24, 2.45) is 5.73 Å². The highest BCUT2D eigenvalue weighted by atomic mass is 16.6. The monoisotopic (exact) mass is 239 g/mol. The standard InChI is InChI=1S/C12H17NO4/c1-2-12(8-14,9-16-11(13)15)17-10-6-4-3-5-7-10/h3-7,14H,2,8-9H2,1H3,(H2,13,15). The highest BCUT2D eigenvalue weighted by Gasteiger charge is 2.31. The van der Waals surface area contributed by atoms with Gasteiger partial charge in [0.15, 0.2) is 5.60 Å². The third kappa shape index (κ3) is 3.96. The summed E-state index contributed by atoms with van der Waals surface area (Å²) in [6, 6.07) is 9.04. The molecule has 1 amide bonds. The Morgan fingerprint density at radius 2 is 2.06 bits per heavy atom. The number of nitrogens with two attached hydrogens (primary N) is 1. The van der Waals surface area contributed by atoms with E-state index in [1.54, 1.807) is 12.1 Å². The molecule has 0 radical (unpaired) electrons. The van der Waals surface area contributed by atoms with Crippen LogP contribution < -0.4 is 10.5 Å². The maximum absolute atomic E-state index is 10.6. The van der Waals surface area contributed by atoms with E-state index in [9.17, 15) is 9.90 Å². The third-order valence-electron chi connectivity index (χ3n) is 2.49. The summed E-state index contributed by atoms with van der Waals surface area (Å²) in [6.45, 7) is 1.50. The van der Waals surface area contributed by atoms with Crippen molar-refractivity contribution in [2.45, 2.75) is 18.9 Å².